The number of methoxy groups -OCH3 is 1. The maximum absolute atomic E-state index is 10.8. The summed E-state index contributed by atoms with van der Waals surface area (Å²) in [5.41, 5.74) is 0. The summed E-state index contributed by atoms with van der Waals surface area (Å²) < 4.78 is 25.6. The minimum atomic E-state index is -4.60. The van der Waals surface area contributed by atoms with Crippen molar-refractivity contribution in [3.8, 4) is 0 Å². The molecule has 0 aliphatic carbocycles. The summed E-state index contributed by atoms with van der Waals surface area (Å²) in [4.78, 5) is 17.5. The van der Waals surface area contributed by atoms with Crippen molar-refractivity contribution in [3.63, 3.8) is 0 Å². The zero-order valence-corrected chi connectivity index (χ0v) is 10.4. The lowest BCUT2D eigenvalue weighted by atomic mass is 10.2. The van der Waals surface area contributed by atoms with Gasteiger partial charge in [-0.25, -0.2) is 4.57 Å². The average Bonchev–Trinajstić information content (AvgIpc) is 2.10. The van der Waals surface area contributed by atoms with Gasteiger partial charge in [-0.3, -0.25) is 4.52 Å². The summed E-state index contributed by atoms with van der Waals surface area (Å²) in [5.74, 6) is -1.44. The summed E-state index contributed by atoms with van der Waals surface area (Å²) in [5, 5.41) is 0. The van der Waals surface area contributed by atoms with Crippen molar-refractivity contribution >= 4 is 7.82 Å². The Bertz CT molecular complexity index is 227. The molecule has 6 nitrogen and oxygen atoms in total. The fourth-order valence-electron chi connectivity index (χ4n) is 0.973. The lowest BCUT2D eigenvalue weighted by molar-refractivity contribution is -0.235. The number of ether oxygens (including phenoxy) is 2. The fraction of sp³-hybridized carbons (Fsp3) is 1.00. The van der Waals surface area contributed by atoms with Gasteiger partial charge in [0.2, 0.25) is 5.79 Å². The van der Waals surface area contributed by atoms with Crippen LogP contribution in [0, 0.1) is 0 Å². The van der Waals surface area contributed by atoms with Crippen molar-refractivity contribution in [3.05, 3.63) is 0 Å². The Kier molecular flexibility index (Phi) is 5.95. The van der Waals surface area contributed by atoms with Crippen molar-refractivity contribution < 1.29 is 28.3 Å². The van der Waals surface area contributed by atoms with Gasteiger partial charge >= 0.3 is 7.82 Å². The molecule has 0 bridgehead atoms. The first-order chi connectivity index (χ1) is 6.75. The smallest absolute Gasteiger partial charge is 0.376 e. The molecule has 7 heteroatoms. The van der Waals surface area contributed by atoms with Crippen LogP contribution in [0.15, 0.2) is 0 Å². The molecule has 0 aliphatic heterocycles. The molecule has 0 spiro atoms. The van der Waals surface area contributed by atoms with E-state index in [1.807, 2.05) is 6.92 Å². The minimum absolute atomic E-state index is 0.338. The standard InChI is InChI=1S/C8H19O6P/c1-5-6-13-8(3,7(2)12-4)14-15(9,10)11/h7H,5-6H2,1-4H3,(H2,9,10,11). The molecule has 15 heavy (non-hydrogen) atoms. The Balaban J connectivity index is 4.61. The van der Waals surface area contributed by atoms with Crippen molar-refractivity contribution in [2.45, 2.75) is 39.1 Å². The zero-order chi connectivity index (χ0) is 12.1. The number of phosphoric ester groups is 1. The van der Waals surface area contributed by atoms with Crippen molar-refractivity contribution in [2.24, 2.45) is 0 Å². The molecule has 0 amide bonds. The van der Waals surface area contributed by atoms with Crippen LogP contribution in [0.4, 0.5) is 0 Å². The molecular formula is C8H19O6P. The van der Waals surface area contributed by atoms with Gasteiger partial charge in [-0.05, 0) is 20.3 Å². The van der Waals surface area contributed by atoms with E-state index in [1.54, 1.807) is 6.92 Å². The van der Waals surface area contributed by atoms with Crippen molar-refractivity contribution in [1.82, 2.24) is 0 Å². The van der Waals surface area contributed by atoms with Crippen LogP contribution >= 0.6 is 7.82 Å². The highest BCUT2D eigenvalue weighted by Crippen LogP contribution is 2.43. The van der Waals surface area contributed by atoms with Gasteiger partial charge in [-0.2, -0.15) is 0 Å². The van der Waals surface area contributed by atoms with E-state index in [0.717, 1.165) is 6.42 Å². The predicted octanol–water partition coefficient (Wildman–Crippen LogP) is 1.27. The first-order valence-electron chi connectivity index (χ1n) is 4.68. The second kappa shape index (κ2) is 5.94. The summed E-state index contributed by atoms with van der Waals surface area (Å²) in [6.45, 7) is 5.28. The topological polar surface area (TPSA) is 85.2 Å². The minimum Gasteiger partial charge on any atom is -0.376 e. The molecule has 0 rings (SSSR count). The molecule has 2 N–H and O–H groups in total. The lowest BCUT2D eigenvalue weighted by Crippen LogP contribution is -2.43. The van der Waals surface area contributed by atoms with E-state index in [2.05, 4.69) is 4.52 Å². The number of rotatable bonds is 7. The molecule has 0 aromatic rings. The zero-order valence-electron chi connectivity index (χ0n) is 9.47. The first kappa shape index (κ1) is 15.0. The molecule has 0 saturated carbocycles. The number of hydrogen-bond acceptors (Lipinski definition) is 4. The molecule has 0 saturated heterocycles. The average molecular weight is 242 g/mol. The maximum atomic E-state index is 10.8. The first-order valence-corrected chi connectivity index (χ1v) is 6.21. The highest BCUT2D eigenvalue weighted by Gasteiger charge is 2.39. The van der Waals surface area contributed by atoms with Gasteiger partial charge in [0.15, 0.2) is 0 Å². The number of phosphoric acid groups is 1. The SMILES string of the molecule is CCCOC(C)(OP(=O)(O)O)C(C)OC. The third-order valence-electron chi connectivity index (χ3n) is 1.98. The quantitative estimate of drug-likeness (QED) is 0.516. The summed E-state index contributed by atoms with van der Waals surface area (Å²) in [7, 11) is -3.18. The predicted molar refractivity (Wildman–Crippen MR) is 54.2 cm³/mol. The normalized spacial score (nSPS) is 18.5. The molecule has 0 radical (unpaired) electrons. The lowest BCUT2D eigenvalue weighted by Gasteiger charge is -2.34. The van der Waals surface area contributed by atoms with Gasteiger partial charge in [0.05, 0.1) is 0 Å². The Labute approximate surface area is 89.8 Å². The van der Waals surface area contributed by atoms with E-state index in [-0.39, 0.29) is 0 Å². The van der Waals surface area contributed by atoms with Crippen LogP contribution in [-0.2, 0) is 18.6 Å². The van der Waals surface area contributed by atoms with Gasteiger partial charge in [0, 0.05) is 13.7 Å². The van der Waals surface area contributed by atoms with Crippen LogP contribution in [0.3, 0.4) is 0 Å². The Hall–Kier alpha value is 0.0300. The number of hydrogen-bond donors (Lipinski definition) is 2. The van der Waals surface area contributed by atoms with Gasteiger partial charge in [0.25, 0.3) is 0 Å². The van der Waals surface area contributed by atoms with Crippen LogP contribution in [0.1, 0.15) is 27.2 Å². The molecular weight excluding hydrogens is 223 g/mol. The molecule has 0 aromatic carbocycles. The molecule has 0 aliphatic rings. The molecule has 0 aromatic heterocycles. The van der Waals surface area contributed by atoms with Crippen LogP contribution < -0.4 is 0 Å². The Morgan fingerprint density at radius 3 is 2.33 bits per heavy atom. The molecule has 2 atom stereocenters. The third-order valence-corrected chi connectivity index (χ3v) is 2.59. The highest BCUT2D eigenvalue weighted by atomic mass is 31.2. The summed E-state index contributed by atoms with van der Waals surface area (Å²) >= 11 is 0. The van der Waals surface area contributed by atoms with Crippen LogP contribution in [0.25, 0.3) is 0 Å². The van der Waals surface area contributed by atoms with Gasteiger partial charge in [-0.15, -0.1) is 0 Å². The summed E-state index contributed by atoms with van der Waals surface area (Å²) in [6, 6.07) is 0. The van der Waals surface area contributed by atoms with E-state index >= 15 is 0 Å². The van der Waals surface area contributed by atoms with Gasteiger partial charge in [0.1, 0.15) is 6.10 Å². The van der Waals surface area contributed by atoms with Crippen molar-refractivity contribution in [2.75, 3.05) is 13.7 Å². The van der Waals surface area contributed by atoms with E-state index in [1.165, 1.54) is 14.0 Å². The van der Waals surface area contributed by atoms with Crippen LogP contribution in [0.5, 0.6) is 0 Å². The van der Waals surface area contributed by atoms with E-state index in [4.69, 9.17) is 19.3 Å². The monoisotopic (exact) mass is 242 g/mol. The second-order valence-corrected chi connectivity index (χ2v) is 4.49. The highest BCUT2D eigenvalue weighted by molar-refractivity contribution is 7.46. The maximum Gasteiger partial charge on any atom is 0.472 e. The molecule has 2 unspecified atom stereocenters. The van der Waals surface area contributed by atoms with Gasteiger partial charge in [-0.1, -0.05) is 6.92 Å². The third kappa shape index (κ3) is 5.61. The van der Waals surface area contributed by atoms with E-state index in [9.17, 15) is 4.57 Å². The molecule has 92 valence electrons. The van der Waals surface area contributed by atoms with E-state index in [0.29, 0.717) is 6.61 Å². The Morgan fingerprint density at radius 2 is 2.00 bits per heavy atom. The van der Waals surface area contributed by atoms with Gasteiger partial charge < -0.3 is 19.3 Å². The largest absolute Gasteiger partial charge is 0.472 e. The Morgan fingerprint density at radius 1 is 1.47 bits per heavy atom. The molecule has 0 heterocycles. The summed E-state index contributed by atoms with van der Waals surface area (Å²) in [6.07, 6.45) is 0.132. The van der Waals surface area contributed by atoms with Crippen molar-refractivity contribution in [1.29, 1.82) is 0 Å². The van der Waals surface area contributed by atoms with E-state index < -0.39 is 19.7 Å². The fourth-order valence-corrected chi connectivity index (χ4v) is 1.65. The second-order valence-electron chi connectivity index (χ2n) is 3.32. The molecule has 0 fully saturated rings. The van der Waals surface area contributed by atoms with Crippen LogP contribution in [-0.4, -0.2) is 35.4 Å². The van der Waals surface area contributed by atoms with Crippen LogP contribution in [0.2, 0.25) is 0 Å².